The van der Waals surface area contributed by atoms with Gasteiger partial charge in [-0.15, -0.1) is 0 Å². The van der Waals surface area contributed by atoms with Gasteiger partial charge in [0, 0.05) is 19.3 Å². The van der Waals surface area contributed by atoms with Crippen LogP contribution in [0.5, 0.6) is 0 Å². The molecule has 6 nitrogen and oxygen atoms in total. The monoisotopic (exact) mass is 905 g/mol. The van der Waals surface area contributed by atoms with E-state index in [0.29, 0.717) is 19.3 Å². The molecule has 0 saturated heterocycles. The summed E-state index contributed by atoms with van der Waals surface area (Å²) in [6, 6.07) is 0. The van der Waals surface area contributed by atoms with Crippen LogP contribution < -0.4 is 0 Å². The maximum atomic E-state index is 12.8. The van der Waals surface area contributed by atoms with E-state index in [0.717, 1.165) is 69.6 Å². The third-order valence-corrected chi connectivity index (χ3v) is 13.2. The Kier molecular flexibility index (Phi) is 49.6. The van der Waals surface area contributed by atoms with Gasteiger partial charge in [0.2, 0.25) is 0 Å². The Hall–Kier alpha value is -1.59. The highest BCUT2D eigenvalue weighted by molar-refractivity contribution is 5.71. The molecule has 0 aromatic rings. The number of hydrogen-bond donors (Lipinski definition) is 0. The minimum atomic E-state index is -0.762. The SMILES string of the molecule is CCCCCCCCCCCCCCCC(=O)O[C@@H](COC(=O)CCCCCCCCCCCCCCCCCCCCC(C)C)COC(=O)CCCCCCCCCCCC(C)C. The molecule has 0 amide bonds. The normalized spacial score (nSPS) is 12.0. The molecule has 0 aliphatic rings. The highest BCUT2D eigenvalue weighted by Crippen LogP contribution is 2.18. The quantitative estimate of drug-likeness (QED) is 0.0344. The van der Waals surface area contributed by atoms with Crippen LogP contribution in [0.2, 0.25) is 0 Å². The predicted octanol–water partition coefficient (Wildman–Crippen LogP) is 18.9. The molecule has 0 aliphatic carbocycles. The second kappa shape index (κ2) is 50.8. The van der Waals surface area contributed by atoms with Crippen molar-refractivity contribution >= 4 is 17.9 Å². The molecule has 0 N–H and O–H groups in total. The zero-order valence-corrected chi connectivity index (χ0v) is 43.9. The molecule has 6 heteroatoms. The number of carbonyl (C=O) groups is 3. The van der Waals surface area contributed by atoms with Gasteiger partial charge in [-0.25, -0.2) is 0 Å². The third-order valence-electron chi connectivity index (χ3n) is 13.2. The van der Waals surface area contributed by atoms with Crippen LogP contribution in [-0.2, 0) is 28.6 Å². The number of rotatable bonds is 52. The Morgan fingerprint density at radius 1 is 0.297 bits per heavy atom. The van der Waals surface area contributed by atoms with Crippen molar-refractivity contribution in [3.8, 4) is 0 Å². The Bertz CT molecular complexity index is 978. The van der Waals surface area contributed by atoms with E-state index in [9.17, 15) is 14.4 Å². The van der Waals surface area contributed by atoms with Crippen LogP contribution in [0.4, 0.5) is 0 Å². The molecule has 0 aliphatic heterocycles. The first-order valence-corrected chi connectivity index (χ1v) is 28.7. The number of carbonyl (C=O) groups excluding carboxylic acids is 3. The Morgan fingerprint density at radius 3 is 0.766 bits per heavy atom. The number of hydrogen-bond acceptors (Lipinski definition) is 6. The van der Waals surface area contributed by atoms with Crippen molar-refractivity contribution in [2.75, 3.05) is 13.2 Å². The maximum absolute atomic E-state index is 12.8. The summed E-state index contributed by atoms with van der Waals surface area (Å²) in [4.78, 5) is 38.1. The molecule has 0 heterocycles. The molecule has 0 rings (SSSR count). The summed E-state index contributed by atoms with van der Waals surface area (Å²) in [6.45, 7) is 11.4. The van der Waals surface area contributed by atoms with Crippen LogP contribution in [0.1, 0.15) is 324 Å². The smallest absolute Gasteiger partial charge is 0.306 e. The van der Waals surface area contributed by atoms with Crippen molar-refractivity contribution in [1.82, 2.24) is 0 Å². The fourth-order valence-corrected chi connectivity index (χ4v) is 8.87. The minimum absolute atomic E-state index is 0.0629. The minimum Gasteiger partial charge on any atom is -0.462 e. The second-order valence-electron chi connectivity index (χ2n) is 20.9. The Balaban J connectivity index is 4.22. The lowest BCUT2D eigenvalue weighted by Gasteiger charge is -2.18. The van der Waals surface area contributed by atoms with E-state index in [1.165, 1.54) is 212 Å². The van der Waals surface area contributed by atoms with Gasteiger partial charge in [0.25, 0.3) is 0 Å². The summed E-state index contributed by atoms with van der Waals surface area (Å²) in [5.41, 5.74) is 0. The van der Waals surface area contributed by atoms with Gasteiger partial charge < -0.3 is 14.2 Å². The average molecular weight is 906 g/mol. The first-order chi connectivity index (χ1) is 31.2. The number of esters is 3. The molecule has 64 heavy (non-hydrogen) atoms. The molecule has 0 unspecified atom stereocenters. The van der Waals surface area contributed by atoms with Crippen LogP contribution in [0.25, 0.3) is 0 Å². The van der Waals surface area contributed by atoms with Gasteiger partial charge >= 0.3 is 17.9 Å². The van der Waals surface area contributed by atoms with Crippen LogP contribution in [0.3, 0.4) is 0 Å². The van der Waals surface area contributed by atoms with E-state index in [-0.39, 0.29) is 31.1 Å². The van der Waals surface area contributed by atoms with E-state index >= 15 is 0 Å². The first kappa shape index (κ1) is 62.4. The molecular weight excluding hydrogens is 793 g/mol. The zero-order valence-electron chi connectivity index (χ0n) is 43.9. The average Bonchev–Trinajstić information content (AvgIpc) is 3.27. The molecular formula is C58H112O6. The van der Waals surface area contributed by atoms with Crippen molar-refractivity contribution in [3.05, 3.63) is 0 Å². The summed E-state index contributed by atoms with van der Waals surface area (Å²) in [7, 11) is 0. The van der Waals surface area contributed by atoms with Crippen LogP contribution in [0, 0.1) is 11.8 Å². The van der Waals surface area contributed by atoms with Crippen molar-refractivity contribution in [3.63, 3.8) is 0 Å². The van der Waals surface area contributed by atoms with Gasteiger partial charge in [0.05, 0.1) is 0 Å². The molecule has 0 saturated carbocycles. The molecule has 1 atom stereocenters. The van der Waals surface area contributed by atoms with Gasteiger partial charge in [-0.05, 0) is 31.1 Å². The van der Waals surface area contributed by atoms with Crippen LogP contribution >= 0.6 is 0 Å². The summed E-state index contributed by atoms with van der Waals surface area (Å²) >= 11 is 0. The van der Waals surface area contributed by atoms with Crippen LogP contribution in [-0.4, -0.2) is 37.2 Å². The number of ether oxygens (including phenoxy) is 3. The molecule has 380 valence electrons. The molecule has 0 aromatic heterocycles. The lowest BCUT2D eigenvalue weighted by Crippen LogP contribution is -2.30. The van der Waals surface area contributed by atoms with Gasteiger partial charge in [-0.2, -0.15) is 0 Å². The standard InChI is InChI=1S/C58H112O6/c1-6-7-8-9-10-11-12-19-24-29-35-40-45-50-58(61)64-55(52-63-57(60)49-44-39-34-30-25-27-32-37-42-47-54(4)5)51-62-56(59)48-43-38-33-28-23-21-18-16-14-13-15-17-20-22-26-31-36-41-46-53(2)3/h53-55H,6-52H2,1-5H3/t55-/m0/s1. The first-order valence-electron chi connectivity index (χ1n) is 28.7. The van der Waals surface area contributed by atoms with E-state index in [1.807, 2.05) is 0 Å². The lowest BCUT2D eigenvalue weighted by molar-refractivity contribution is -0.167. The summed E-state index contributed by atoms with van der Waals surface area (Å²) in [6.07, 6.45) is 53.8. The molecule has 0 radical (unpaired) electrons. The second-order valence-corrected chi connectivity index (χ2v) is 20.9. The highest BCUT2D eigenvalue weighted by Gasteiger charge is 2.19. The highest BCUT2D eigenvalue weighted by atomic mass is 16.6. The van der Waals surface area contributed by atoms with Crippen molar-refractivity contribution in [2.24, 2.45) is 11.8 Å². The summed E-state index contributed by atoms with van der Waals surface area (Å²) in [5, 5.41) is 0. The summed E-state index contributed by atoms with van der Waals surface area (Å²) < 4.78 is 16.9. The van der Waals surface area contributed by atoms with Crippen LogP contribution in [0.15, 0.2) is 0 Å². The van der Waals surface area contributed by atoms with Crippen molar-refractivity contribution in [2.45, 2.75) is 330 Å². The Morgan fingerprint density at radius 2 is 0.516 bits per heavy atom. The lowest BCUT2D eigenvalue weighted by atomic mass is 10.0. The Labute approximate surface area is 399 Å². The van der Waals surface area contributed by atoms with Crippen molar-refractivity contribution in [1.29, 1.82) is 0 Å². The molecule has 0 fully saturated rings. The topological polar surface area (TPSA) is 78.9 Å². The van der Waals surface area contributed by atoms with Gasteiger partial charge in [0.15, 0.2) is 6.10 Å². The van der Waals surface area contributed by atoms with Gasteiger partial charge in [-0.3, -0.25) is 14.4 Å². The molecule has 0 spiro atoms. The van der Waals surface area contributed by atoms with E-state index in [2.05, 4.69) is 34.6 Å². The van der Waals surface area contributed by atoms with Gasteiger partial charge in [-0.1, -0.05) is 285 Å². The van der Waals surface area contributed by atoms with E-state index in [1.54, 1.807) is 0 Å². The van der Waals surface area contributed by atoms with E-state index < -0.39 is 6.10 Å². The zero-order chi connectivity index (χ0) is 46.8. The molecule has 0 aromatic carbocycles. The molecule has 0 bridgehead atoms. The van der Waals surface area contributed by atoms with Crippen molar-refractivity contribution < 1.29 is 28.6 Å². The van der Waals surface area contributed by atoms with E-state index in [4.69, 9.17) is 14.2 Å². The largest absolute Gasteiger partial charge is 0.462 e. The third kappa shape index (κ3) is 51.4. The number of unbranched alkanes of at least 4 members (excludes halogenated alkanes) is 37. The van der Waals surface area contributed by atoms with Gasteiger partial charge in [0.1, 0.15) is 13.2 Å². The predicted molar refractivity (Wildman–Crippen MR) is 275 cm³/mol. The fourth-order valence-electron chi connectivity index (χ4n) is 8.87. The summed E-state index contributed by atoms with van der Waals surface area (Å²) in [5.74, 6) is 0.826. The maximum Gasteiger partial charge on any atom is 0.306 e. The fraction of sp³-hybridized carbons (Fsp3) is 0.948.